The largest absolute Gasteiger partial charge is 0.341 e. The molecule has 0 aliphatic heterocycles. The van der Waals surface area contributed by atoms with E-state index >= 15 is 0 Å². The monoisotopic (exact) mass is 411 g/mol. The first-order valence-corrected chi connectivity index (χ1v) is 12.1. The molecule has 0 aliphatic rings. The summed E-state index contributed by atoms with van der Waals surface area (Å²) in [6.07, 6.45) is 10.6. The maximum absolute atomic E-state index is 9.11. The summed E-state index contributed by atoms with van der Waals surface area (Å²) in [5.74, 6) is 0.518. The first-order valence-electron chi connectivity index (χ1n) is 9.49. The van der Waals surface area contributed by atoms with E-state index in [0.29, 0.717) is 5.82 Å². The molecule has 5 N–H and O–H groups in total. The minimum Gasteiger partial charge on any atom is -0.341 e. The van der Waals surface area contributed by atoms with Crippen LogP contribution in [0.3, 0.4) is 0 Å². The molecule has 0 bridgehead atoms. The van der Waals surface area contributed by atoms with Gasteiger partial charge in [-0.05, 0) is 35.8 Å². The van der Waals surface area contributed by atoms with E-state index in [1.165, 1.54) is 44.1 Å². The zero-order valence-electron chi connectivity index (χ0n) is 15.8. The maximum Gasteiger partial charge on any atom is 0.321 e. The Kier molecular flexibility index (Phi) is 9.09. The molecule has 0 unspecified atom stereocenters. The summed E-state index contributed by atoms with van der Waals surface area (Å²) >= 11 is 4.42. The van der Waals surface area contributed by atoms with Crippen LogP contribution < -0.4 is 5.73 Å². The van der Waals surface area contributed by atoms with Crippen LogP contribution in [-0.2, 0) is 22.8 Å². The topological polar surface area (TPSA) is 104 Å². The van der Waals surface area contributed by atoms with Gasteiger partial charge >= 0.3 is 6.72 Å². The number of nitrogens with one attached hydrogen (secondary N) is 1. The Bertz CT molecular complexity index is 730. The molecule has 8 heteroatoms. The number of hydrogen-bond acceptors (Lipinski definition) is 4. The number of hydrogen-bond donors (Lipinski definition) is 4. The van der Waals surface area contributed by atoms with Gasteiger partial charge in [0.15, 0.2) is 0 Å². The summed E-state index contributed by atoms with van der Waals surface area (Å²) in [5, 5.41) is 0. The smallest absolute Gasteiger partial charge is 0.321 e. The van der Waals surface area contributed by atoms with Gasteiger partial charge in [-0.25, -0.2) is 4.98 Å². The van der Waals surface area contributed by atoms with Gasteiger partial charge in [-0.3, -0.25) is 0 Å². The fourth-order valence-corrected chi connectivity index (χ4v) is 3.43. The number of benzene rings is 1. The van der Waals surface area contributed by atoms with Crippen LogP contribution in [0.5, 0.6) is 0 Å². The van der Waals surface area contributed by atoms with Crippen LogP contribution in [0.15, 0.2) is 30.5 Å². The Labute approximate surface area is 166 Å². The van der Waals surface area contributed by atoms with Crippen molar-refractivity contribution in [2.75, 3.05) is 6.61 Å². The number of imidazole rings is 1. The van der Waals surface area contributed by atoms with Crippen molar-refractivity contribution in [2.45, 2.75) is 57.9 Å². The molecule has 0 aliphatic carbocycles. The van der Waals surface area contributed by atoms with Crippen LogP contribution in [-0.4, -0.2) is 26.4 Å². The third-order valence-corrected chi connectivity index (χ3v) is 5.25. The molecule has 0 saturated carbocycles. The van der Waals surface area contributed by atoms with E-state index < -0.39 is 12.8 Å². The summed E-state index contributed by atoms with van der Waals surface area (Å²) in [7, 11) is 0. The molecule has 6 nitrogen and oxygen atoms in total. The lowest BCUT2D eigenvalue weighted by molar-refractivity contribution is 0.233. The number of aromatic nitrogens is 2. The lowest BCUT2D eigenvalue weighted by Gasteiger charge is -2.12. The molecule has 27 heavy (non-hydrogen) atoms. The number of nitrogens with two attached hydrogens (primary N) is 1. The molecular weight excluding hydrogens is 381 g/mol. The Morgan fingerprint density at radius 2 is 1.81 bits per heavy atom. The molecule has 1 aromatic carbocycles. The fraction of sp³-hybridized carbons (Fsp3) is 0.526. The number of H-pyrrole nitrogens is 1. The minimum atomic E-state index is -3.70. The molecular formula is C19H30N3O3PS. The number of aromatic amines is 1. The molecule has 0 saturated heterocycles. The molecule has 0 radical (unpaired) electrons. The van der Waals surface area contributed by atoms with Crippen molar-refractivity contribution in [1.29, 1.82) is 0 Å². The normalized spacial score (nSPS) is 13.0. The second kappa shape index (κ2) is 11.1. The zero-order valence-corrected chi connectivity index (χ0v) is 17.5. The minimum absolute atomic E-state index is 0.103. The summed E-state index contributed by atoms with van der Waals surface area (Å²) in [6, 6.07) is 7.85. The standard InChI is InChI=1S/C19H30N3O3PS/c1-2-3-4-5-6-7-8-15-9-11-16(12-10-15)18-13-21-19(22-18)17(20)14-25-26(23,24)27/h9-13,17H,2-8,14,20H2,1H3,(H,21,22)(H2,23,24,27)/t17-/m0/s1. The molecule has 1 aromatic heterocycles. The Morgan fingerprint density at radius 1 is 1.15 bits per heavy atom. The summed E-state index contributed by atoms with van der Waals surface area (Å²) in [6.45, 7) is -1.57. The average molecular weight is 412 g/mol. The highest BCUT2D eigenvalue weighted by molar-refractivity contribution is 8.06. The second-order valence-corrected chi connectivity index (χ2v) is 9.46. The van der Waals surface area contributed by atoms with Crippen LogP contribution in [0.25, 0.3) is 11.3 Å². The van der Waals surface area contributed by atoms with Gasteiger partial charge in [0.05, 0.1) is 24.5 Å². The summed E-state index contributed by atoms with van der Waals surface area (Å²) in [4.78, 5) is 25.6. The first-order chi connectivity index (χ1) is 12.9. The predicted molar refractivity (Wildman–Crippen MR) is 113 cm³/mol. The van der Waals surface area contributed by atoms with E-state index in [2.05, 4.69) is 53.0 Å². The Morgan fingerprint density at radius 3 is 2.48 bits per heavy atom. The van der Waals surface area contributed by atoms with Gasteiger partial charge in [0, 0.05) is 0 Å². The van der Waals surface area contributed by atoms with Crippen molar-refractivity contribution >= 4 is 18.5 Å². The number of unbranched alkanes of at least 4 members (excludes halogenated alkanes) is 5. The van der Waals surface area contributed by atoms with E-state index in [1.54, 1.807) is 6.20 Å². The van der Waals surface area contributed by atoms with E-state index in [1.807, 2.05) is 0 Å². The quantitative estimate of drug-likeness (QED) is 0.308. The molecule has 1 atom stereocenters. The molecule has 0 fully saturated rings. The number of aryl methyl sites for hydroxylation is 1. The van der Waals surface area contributed by atoms with E-state index in [-0.39, 0.29) is 6.61 Å². The summed E-state index contributed by atoms with van der Waals surface area (Å²) < 4.78 is 4.80. The van der Waals surface area contributed by atoms with Crippen LogP contribution >= 0.6 is 6.72 Å². The zero-order chi connectivity index (χ0) is 19.7. The molecule has 150 valence electrons. The fourth-order valence-electron chi connectivity index (χ4n) is 2.89. The van der Waals surface area contributed by atoms with Crippen LogP contribution in [0, 0.1) is 0 Å². The first kappa shape index (κ1) is 22.2. The van der Waals surface area contributed by atoms with E-state index in [0.717, 1.165) is 17.7 Å². The van der Waals surface area contributed by atoms with Crippen LogP contribution in [0.1, 0.15) is 62.9 Å². The highest BCUT2D eigenvalue weighted by Gasteiger charge is 2.16. The van der Waals surface area contributed by atoms with Gasteiger partial charge in [-0.2, -0.15) is 0 Å². The Balaban J connectivity index is 1.84. The third-order valence-electron chi connectivity index (χ3n) is 4.45. The Hall–Kier alpha value is -1.08. The van der Waals surface area contributed by atoms with Gasteiger partial charge in [-0.1, -0.05) is 63.3 Å². The molecule has 0 spiro atoms. The lowest BCUT2D eigenvalue weighted by atomic mass is 10.0. The van der Waals surface area contributed by atoms with Crippen LogP contribution in [0.2, 0.25) is 0 Å². The highest BCUT2D eigenvalue weighted by atomic mass is 32.5. The van der Waals surface area contributed by atoms with Gasteiger partial charge in [0.25, 0.3) is 0 Å². The number of rotatable bonds is 12. The van der Waals surface area contributed by atoms with Crippen molar-refractivity contribution < 1.29 is 14.3 Å². The van der Waals surface area contributed by atoms with Crippen molar-refractivity contribution in [2.24, 2.45) is 5.73 Å². The maximum atomic E-state index is 9.11. The molecule has 1 heterocycles. The molecule has 2 aromatic rings. The second-order valence-electron chi connectivity index (χ2n) is 6.79. The summed E-state index contributed by atoms with van der Waals surface area (Å²) in [5.41, 5.74) is 9.18. The van der Waals surface area contributed by atoms with Gasteiger partial charge in [-0.15, -0.1) is 0 Å². The SMILES string of the molecule is CCCCCCCCc1ccc(-c2cnc([C@@H](N)COP(O)(O)=S)[nH]2)cc1. The third kappa shape index (κ3) is 8.21. The number of nitrogens with zero attached hydrogens (tertiary/aromatic N) is 1. The van der Waals surface area contributed by atoms with Gasteiger partial charge < -0.3 is 25.0 Å². The lowest BCUT2D eigenvalue weighted by Crippen LogP contribution is -2.17. The van der Waals surface area contributed by atoms with Gasteiger partial charge in [0.2, 0.25) is 0 Å². The van der Waals surface area contributed by atoms with Crippen molar-refractivity contribution in [3.8, 4) is 11.3 Å². The van der Waals surface area contributed by atoms with Crippen molar-refractivity contribution in [1.82, 2.24) is 9.97 Å². The average Bonchev–Trinajstić information content (AvgIpc) is 3.13. The highest BCUT2D eigenvalue weighted by Crippen LogP contribution is 2.37. The van der Waals surface area contributed by atoms with Crippen molar-refractivity contribution in [3.63, 3.8) is 0 Å². The molecule has 0 amide bonds. The van der Waals surface area contributed by atoms with Gasteiger partial charge in [0.1, 0.15) is 5.82 Å². The van der Waals surface area contributed by atoms with E-state index in [9.17, 15) is 0 Å². The predicted octanol–water partition coefficient (Wildman–Crippen LogP) is 4.21. The molecule has 2 rings (SSSR count). The van der Waals surface area contributed by atoms with Crippen LogP contribution in [0.4, 0.5) is 0 Å². The van der Waals surface area contributed by atoms with E-state index in [4.69, 9.17) is 20.0 Å². The van der Waals surface area contributed by atoms with Crippen molar-refractivity contribution in [3.05, 3.63) is 41.9 Å².